The molecule has 9 nitrogen and oxygen atoms in total. The third kappa shape index (κ3) is 4.17. The number of anilines is 1. The van der Waals surface area contributed by atoms with Crippen LogP contribution in [0.3, 0.4) is 0 Å². The Morgan fingerprint density at radius 2 is 2.03 bits per heavy atom. The van der Waals surface area contributed by atoms with Crippen molar-refractivity contribution in [3.8, 4) is 6.07 Å². The van der Waals surface area contributed by atoms with E-state index in [-0.39, 0.29) is 36.8 Å². The molecule has 1 unspecified atom stereocenters. The Kier molecular flexibility index (Phi) is 5.86. The van der Waals surface area contributed by atoms with Crippen molar-refractivity contribution in [1.82, 2.24) is 14.4 Å². The highest BCUT2D eigenvalue weighted by molar-refractivity contribution is 6.06. The first kappa shape index (κ1) is 22.5. The highest BCUT2D eigenvalue weighted by Crippen LogP contribution is 2.42. The molecule has 0 bridgehead atoms. The lowest BCUT2D eigenvalue weighted by Gasteiger charge is -2.37. The molecule has 9 heteroatoms. The van der Waals surface area contributed by atoms with Crippen molar-refractivity contribution >= 4 is 23.8 Å². The van der Waals surface area contributed by atoms with Gasteiger partial charge in [0.1, 0.15) is 11.9 Å². The minimum atomic E-state index is -0.608. The summed E-state index contributed by atoms with van der Waals surface area (Å²) < 4.78 is 2.25. The minimum absolute atomic E-state index is 0.0543. The standard InChI is InChI=1S/C23H32N6O3/c1-22(2,3)15-29-17(10-16-13-25-18(12-24)26-20(16)29)14-27-6-4-23(5-7-27)11-19(31)28(8-9-30)21(23)32/h10,13,18,26,30H,4-9,11,14-15H2,1-3H3. The maximum Gasteiger partial charge on any atom is 0.236 e. The summed E-state index contributed by atoms with van der Waals surface area (Å²) in [4.78, 5) is 33.0. The molecular formula is C23H32N6O3. The Balaban J connectivity index is 1.50. The van der Waals surface area contributed by atoms with Crippen molar-refractivity contribution in [2.75, 3.05) is 31.6 Å². The van der Waals surface area contributed by atoms with Gasteiger partial charge in [-0.1, -0.05) is 20.8 Å². The van der Waals surface area contributed by atoms with Gasteiger partial charge < -0.3 is 15.0 Å². The highest BCUT2D eigenvalue weighted by Gasteiger charge is 2.52. The van der Waals surface area contributed by atoms with Crippen LogP contribution in [0.15, 0.2) is 11.1 Å². The van der Waals surface area contributed by atoms with Crippen LogP contribution in [0, 0.1) is 22.2 Å². The second-order valence-electron chi connectivity index (χ2n) is 10.3. The monoisotopic (exact) mass is 440 g/mol. The number of carbonyl (C=O) groups is 2. The Labute approximate surface area is 188 Å². The number of nitriles is 1. The second-order valence-corrected chi connectivity index (χ2v) is 10.3. The van der Waals surface area contributed by atoms with Gasteiger partial charge in [-0.2, -0.15) is 5.26 Å². The molecule has 0 aliphatic carbocycles. The van der Waals surface area contributed by atoms with E-state index in [1.54, 1.807) is 6.21 Å². The van der Waals surface area contributed by atoms with Gasteiger partial charge >= 0.3 is 0 Å². The summed E-state index contributed by atoms with van der Waals surface area (Å²) in [6.07, 6.45) is 2.74. The Morgan fingerprint density at radius 1 is 1.31 bits per heavy atom. The predicted molar refractivity (Wildman–Crippen MR) is 120 cm³/mol. The number of likely N-dealkylation sites (tertiary alicyclic amines) is 2. The third-order valence-corrected chi connectivity index (χ3v) is 6.61. The number of nitrogens with zero attached hydrogens (tertiary/aromatic N) is 5. The second kappa shape index (κ2) is 8.34. The fourth-order valence-corrected chi connectivity index (χ4v) is 5.00. The molecule has 0 radical (unpaired) electrons. The Morgan fingerprint density at radius 3 is 2.66 bits per heavy atom. The molecule has 32 heavy (non-hydrogen) atoms. The number of rotatable bonds is 5. The van der Waals surface area contributed by atoms with E-state index in [2.05, 4.69) is 52.7 Å². The van der Waals surface area contributed by atoms with Gasteiger partial charge in [-0.25, -0.2) is 0 Å². The number of hydrogen-bond donors (Lipinski definition) is 2. The zero-order valence-corrected chi connectivity index (χ0v) is 19.1. The van der Waals surface area contributed by atoms with Crippen LogP contribution in [0.2, 0.25) is 0 Å². The van der Waals surface area contributed by atoms with E-state index in [1.165, 1.54) is 4.90 Å². The van der Waals surface area contributed by atoms with Gasteiger partial charge in [0.15, 0.2) is 0 Å². The lowest BCUT2D eigenvalue weighted by Crippen LogP contribution is -2.45. The van der Waals surface area contributed by atoms with Crippen LogP contribution in [0.1, 0.15) is 51.3 Å². The summed E-state index contributed by atoms with van der Waals surface area (Å²) in [6.45, 7) is 9.46. The van der Waals surface area contributed by atoms with Crippen LogP contribution in [-0.4, -0.2) is 69.9 Å². The number of β-amino-alcohol motifs (C(OH)–C–C–N with tert-alkyl or cyclic N) is 1. The number of aromatic nitrogens is 1. The first-order valence-corrected chi connectivity index (χ1v) is 11.3. The number of amides is 2. The lowest BCUT2D eigenvalue weighted by molar-refractivity contribution is -0.143. The first-order valence-electron chi connectivity index (χ1n) is 11.3. The van der Waals surface area contributed by atoms with E-state index >= 15 is 0 Å². The van der Waals surface area contributed by atoms with E-state index in [0.29, 0.717) is 12.8 Å². The fraction of sp³-hybridized carbons (Fsp3) is 0.652. The summed E-state index contributed by atoms with van der Waals surface area (Å²) in [5.41, 5.74) is 1.58. The number of aliphatic hydroxyl groups is 1. The molecule has 0 saturated carbocycles. The number of piperidine rings is 1. The summed E-state index contributed by atoms with van der Waals surface area (Å²) in [7, 11) is 0. The zero-order chi connectivity index (χ0) is 23.1. The van der Waals surface area contributed by atoms with Crippen LogP contribution in [0.5, 0.6) is 0 Å². The van der Waals surface area contributed by atoms with E-state index in [1.807, 2.05) is 0 Å². The molecule has 2 N–H and O–H groups in total. The third-order valence-electron chi connectivity index (χ3n) is 6.61. The number of aliphatic imine (C=N–C) groups is 1. The molecule has 1 aromatic heterocycles. The van der Waals surface area contributed by atoms with E-state index in [4.69, 9.17) is 0 Å². The molecule has 3 aliphatic heterocycles. The maximum atomic E-state index is 12.9. The molecule has 1 spiro atoms. The molecule has 2 saturated heterocycles. The van der Waals surface area contributed by atoms with Crippen molar-refractivity contribution in [1.29, 1.82) is 5.26 Å². The number of hydrogen-bond acceptors (Lipinski definition) is 7. The Hall–Kier alpha value is -2.70. The van der Waals surface area contributed by atoms with Gasteiger partial charge in [-0.3, -0.25) is 24.4 Å². The Bertz CT molecular complexity index is 975. The van der Waals surface area contributed by atoms with E-state index in [0.717, 1.165) is 43.3 Å². The molecule has 0 aromatic carbocycles. The van der Waals surface area contributed by atoms with Crippen molar-refractivity contribution < 1.29 is 14.7 Å². The number of carbonyl (C=O) groups excluding carboxylic acids is 2. The molecule has 4 rings (SSSR count). The van der Waals surface area contributed by atoms with Gasteiger partial charge in [0, 0.05) is 37.0 Å². The van der Waals surface area contributed by atoms with Crippen molar-refractivity contribution in [2.45, 2.75) is 59.3 Å². The number of aliphatic hydroxyl groups excluding tert-OH is 1. The minimum Gasteiger partial charge on any atom is -0.395 e. The quantitative estimate of drug-likeness (QED) is 0.672. The smallest absolute Gasteiger partial charge is 0.236 e. The molecule has 1 atom stereocenters. The van der Waals surface area contributed by atoms with Crippen LogP contribution < -0.4 is 5.32 Å². The lowest BCUT2D eigenvalue weighted by atomic mass is 9.77. The normalized spacial score (nSPS) is 22.8. The van der Waals surface area contributed by atoms with Gasteiger partial charge in [-0.05, 0) is 37.4 Å². The summed E-state index contributed by atoms with van der Waals surface area (Å²) >= 11 is 0. The topological polar surface area (TPSA) is 114 Å². The molecule has 2 fully saturated rings. The predicted octanol–water partition coefficient (Wildman–Crippen LogP) is 1.56. The average molecular weight is 441 g/mol. The van der Waals surface area contributed by atoms with Crippen LogP contribution in [0.4, 0.5) is 5.82 Å². The average Bonchev–Trinajstić information content (AvgIpc) is 3.18. The summed E-state index contributed by atoms with van der Waals surface area (Å²) in [6, 6.07) is 4.29. The van der Waals surface area contributed by atoms with Crippen LogP contribution in [0.25, 0.3) is 0 Å². The zero-order valence-electron chi connectivity index (χ0n) is 19.1. The number of nitrogens with one attached hydrogen (secondary N) is 1. The largest absolute Gasteiger partial charge is 0.395 e. The van der Waals surface area contributed by atoms with E-state index < -0.39 is 11.6 Å². The molecule has 4 heterocycles. The van der Waals surface area contributed by atoms with Gasteiger partial charge in [-0.15, -0.1) is 0 Å². The molecular weight excluding hydrogens is 408 g/mol. The first-order chi connectivity index (χ1) is 15.2. The number of imide groups is 1. The highest BCUT2D eigenvalue weighted by atomic mass is 16.3. The maximum absolute atomic E-state index is 12.9. The molecule has 1 aromatic rings. The SMILES string of the molecule is CC(C)(C)Cn1c(CN2CCC3(CC2)CC(=O)N(CCO)C3=O)cc2c1NC(C#N)N=C2. The summed E-state index contributed by atoms with van der Waals surface area (Å²) in [5.74, 6) is 0.647. The van der Waals surface area contributed by atoms with Crippen molar-refractivity contribution in [3.63, 3.8) is 0 Å². The molecule has 172 valence electrons. The molecule has 2 amide bonds. The molecule has 3 aliphatic rings. The van der Waals surface area contributed by atoms with E-state index in [9.17, 15) is 20.0 Å². The van der Waals surface area contributed by atoms with Gasteiger partial charge in [0.2, 0.25) is 18.0 Å². The van der Waals surface area contributed by atoms with Crippen LogP contribution >= 0.6 is 0 Å². The van der Waals surface area contributed by atoms with Gasteiger partial charge in [0.25, 0.3) is 0 Å². The van der Waals surface area contributed by atoms with Crippen LogP contribution in [-0.2, 0) is 22.7 Å². The fourth-order valence-electron chi connectivity index (χ4n) is 5.00. The van der Waals surface area contributed by atoms with Gasteiger partial charge in [0.05, 0.1) is 18.6 Å². The summed E-state index contributed by atoms with van der Waals surface area (Å²) in [5, 5.41) is 21.7. The van der Waals surface area contributed by atoms with Crippen molar-refractivity contribution in [2.24, 2.45) is 15.8 Å². The van der Waals surface area contributed by atoms with Crippen molar-refractivity contribution in [3.05, 3.63) is 17.3 Å². The number of fused-ring (bicyclic) bond motifs is 1.